The number of nitrogens with two attached hydrogens (primary N) is 1. The third-order valence-corrected chi connectivity index (χ3v) is 11.7. The predicted octanol–water partition coefficient (Wildman–Crippen LogP) is 2.38. The van der Waals surface area contributed by atoms with E-state index < -0.39 is 65.3 Å². The number of nitrogens with one attached hydrogen (secondary N) is 2. The van der Waals surface area contributed by atoms with Crippen molar-refractivity contribution in [2.45, 2.75) is 87.3 Å². The summed E-state index contributed by atoms with van der Waals surface area (Å²) in [5, 5.41) is 24.4. The van der Waals surface area contributed by atoms with E-state index in [1.54, 1.807) is 7.11 Å². The van der Waals surface area contributed by atoms with Crippen LogP contribution in [0.15, 0.2) is 35.6 Å². The highest BCUT2D eigenvalue weighted by molar-refractivity contribution is 5.99. The fourth-order valence-corrected chi connectivity index (χ4v) is 9.34. The zero-order valence-electron chi connectivity index (χ0n) is 28.1. The molecule has 4 aliphatic carbocycles. The molecule has 50 heavy (non-hydrogen) atoms. The number of hydrogen-bond acceptors (Lipinski definition) is 9. The summed E-state index contributed by atoms with van der Waals surface area (Å²) in [4.78, 5) is 64.7. The molecule has 2 heterocycles. The lowest BCUT2D eigenvalue weighted by Crippen LogP contribution is -2.56. The highest BCUT2D eigenvalue weighted by Gasteiger charge is 2.62. The van der Waals surface area contributed by atoms with Crippen LogP contribution in [-0.2, 0) is 35.8 Å². The van der Waals surface area contributed by atoms with Crippen LogP contribution in [0.4, 0.5) is 4.79 Å². The predicted molar refractivity (Wildman–Crippen MR) is 176 cm³/mol. The van der Waals surface area contributed by atoms with E-state index in [4.69, 9.17) is 25.1 Å². The molecule has 0 radical (unpaired) electrons. The van der Waals surface area contributed by atoms with Crippen molar-refractivity contribution in [2.24, 2.45) is 23.5 Å². The van der Waals surface area contributed by atoms with Gasteiger partial charge in [-0.1, -0.05) is 24.1 Å². The average Bonchev–Trinajstić information content (AvgIpc) is 3.67. The Kier molecular flexibility index (Phi) is 8.77. The molecule has 2 saturated carbocycles. The normalized spacial score (nSPS) is 31.2. The van der Waals surface area contributed by atoms with Gasteiger partial charge in [-0.2, -0.15) is 0 Å². The summed E-state index contributed by atoms with van der Waals surface area (Å²) < 4.78 is 18.5. The molecule has 1 aromatic rings. The molecule has 1 saturated heterocycles. The Hall–Kier alpha value is -4.59. The first-order valence-corrected chi connectivity index (χ1v) is 17.5. The quantitative estimate of drug-likeness (QED) is 0.201. The molecule has 1 aromatic carbocycles. The van der Waals surface area contributed by atoms with Crippen LogP contribution in [0.5, 0.6) is 11.5 Å². The van der Waals surface area contributed by atoms with Crippen LogP contribution in [0, 0.1) is 17.8 Å². The number of allylic oxidation sites excluding steroid dienone is 2. The largest absolute Gasteiger partial charge is 0.493 e. The summed E-state index contributed by atoms with van der Waals surface area (Å²) >= 11 is 0. The van der Waals surface area contributed by atoms with Crippen molar-refractivity contribution < 1.29 is 48.4 Å². The molecule has 14 nitrogen and oxygen atoms in total. The van der Waals surface area contributed by atoms with Crippen LogP contribution in [-0.4, -0.2) is 89.4 Å². The first kappa shape index (κ1) is 33.9. The Morgan fingerprint density at radius 3 is 2.70 bits per heavy atom. The maximum Gasteiger partial charge on any atom is 0.415 e. The van der Waals surface area contributed by atoms with Gasteiger partial charge in [0.15, 0.2) is 23.4 Å². The molecule has 1 spiro atoms. The topological polar surface area (TPSA) is 207 Å². The number of benzene rings is 1. The van der Waals surface area contributed by atoms with E-state index in [9.17, 15) is 29.1 Å². The summed E-state index contributed by atoms with van der Waals surface area (Å²) in [5.41, 5.74) is 7.54. The van der Waals surface area contributed by atoms with Crippen LogP contribution in [0.3, 0.4) is 0 Å². The van der Waals surface area contributed by atoms with E-state index in [-0.39, 0.29) is 31.8 Å². The number of aliphatic carboxylic acids is 2. The lowest BCUT2D eigenvalue weighted by Gasteiger charge is -2.49. The number of carboxylic acids is 2. The second-order valence-electron chi connectivity index (χ2n) is 14.5. The van der Waals surface area contributed by atoms with E-state index in [0.29, 0.717) is 49.0 Å². The van der Waals surface area contributed by atoms with Crippen LogP contribution >= 0.6 is 0 Å². The van der Waals surface area contributed by atoms with Crippen molar-refractivity contribution in [3.8, 4) is 11.5 Å². The molecule has 3 amide bonds. The Labute approximate surface area is 289 Å². The third kappa shape index (κ3) is 5.57. The van der Waals surface area contributed by atoms with Gasteiger partial charge in [0.25, 0.3) is 0 Å². The van der Waals surface area contributed by atoms with Gasteiger partial charge in [0.05, 0.1) is 24.5 Å². The van der Waals surface area contributed by atoms with Crippen molar-refractivity contribution >= 4 is 29.8 Å². The van der Waals surface area contributed by atoms with Crippen LogP contribution in [0.1, 0.15) is 68.9 Å². The number of amides is 3. The molecular weight excluding hydrogens is 648 g/mol. The fraction of sp³-hybridized carbons (Fsp3) is 0.583. The molecule has 6 N–H and O–H groups in total. The molecule has 2 aliphatic heterocycles. The molecular formula is C36H44N4O10. The van der Waals surface area contributed by atoms with E-state index in [1.807, 2.05) is 12.1 Å². The first-order valence-electron chi connectivity index (χ1n) is 17.5. The maximum absolute atomic E-state index is 14.0. The molecule has 6 aliphatic rings. The van der Waals surface area contributed by atoms with Crippen LogP contribution < -0.4 is 25.8 Å². The summed E-state index contributed by atoms with van der Waals surface area (Å²) in [5.74, 6) is -2.51. The Balaban J connectivity index is 1.10. The molecule has 7 rings (SSSR count). The number of rotatable bonds is 12. The molecule has 7 atom stereocenters. The van der Waals surface area contributed by atoms with Crippen molar-refractivity contribution in [3.05, 3.63) is 46.7 Å². The molecule has 268 valence electrons. The lowest BCUT2D eigenvalue weighted by molar-refractivity contribution is -0.144. The summed E-state index contributed by atoms with van der Waals surface area (Å²) in [6.45, 7) is 0.411. The molecule has 3 fully saturated rings. The zero-order valence-corrected chi connectivity index (χ0v) is 28.1. The number of nitrogens with zero attached hydrogens (tertiary/aromatic N) is 1. The second-order valence-corrected chi connectivity index (χ2v) is 14.5. The van der Waals surface area contributed by atoms with Gasteiger partial charge in [0, 0.05) is 18.7 Å². The van der Waals surface area contributed by atoms with Gasteiger partial charge < -0.3 is 45.7 Å². The summed E-state index contributed by atoms with van der Waals surface area (Å²) in [6.07, 6.45) is 7.53. The summed E-state index contributed by atoms with van der Waals surface area (Å²) in [7, 11) is 1.61. The van der Waals surface area contributed by atoms with E-state index in [1.165, 1.54) is 16.0 Å². The molecule has 14 heteroatoms. The highest BCUT2D eigenvalue weighted by Crippen LogP contribution is 2.64. The smallest absolute Gasteiger partial charge is 0.415 e. The molecule has 2 bridgehead atoms. The number of carbonyl (C=O) groups is 5. The van der Waals surface area contributed by atoms with Gasteiger partial charge in [0.1, 0.15) is 12.0 Å². The van der Waals surface area contributed by atoms with Crippen molar-refractivity contribution in [2.75, 3.05) is 26.7 Å². The SMILES string of the molecule is COc1ccc2c3c1OC1C(OC(=O)N4CCC(C(=O)O)CC4CNC(=O)C4(NC(=O)CC(=O)O)CC4CCCN)=CC=C4[C@H](CCC[C@]431)C2. The minimum Gasteiger partial charge on any atom is -0.493 e. The van der Waals surface area contributed by atoms with Crippen LogP contribution in [0.25, 0.3) is 0 Å². The number of carboxylic acid groups (broad SMARTS) is 2. The average molecular weight is 693 g/mol. The zero-order chi connectivity index (χ0) is 35.4. The second kappa shape index (κ2) is 12.9. The highest BCUT2D eigenvalue weighted by atomic mass is 16.6. The van der Waals surface area contributed by atoms with Gasteiger partial charge in [-0.15, -0.1) is 0 Å². The van der Waals surface area contributed by atoms with Gasteiger partial charge >= 0.3 is 18.0 Å². The van der Waals surface area contributed by atoms with Gasteiger partial charge in [0.2, 0.25) is 11.8 Å². The lowest BCUT2D eigenvalue weighted by atomic mass is 9.53. The molecule has 5 unspecified atom stereocenters. The third-order valence-electron chi connectivity index (χ3n) is 11.7. The Morgan fingerprint density at radius 1 is 1.14 bits per heavy atom. The Morgan fingerprint density at radius 2 is 1.96 bits per heavy atom. The fourth-order valence-electron chi connectivity index (χ4n) is 9.34. The van der Waals surface area contributed by atoms with Gasteiger partial charge in [-0.25, -0.2) is 4.79 Å². The number of piperidine rings is 1. The minimum atomic E-state index is -1.31. The first-order chi connectivity index (χ1) is 24.0. The number of ether oxygens (including phenoxy) is 3. The standard InChI is InChI=1S/C36H44N4O10/c1-48-25-8-6-20-14-19-4-2-11-35-24(19)7-9-26(31(35)50-30(25)29(20)35)49-34(47)40-13-10-21(32(44)45)15-23(40)18-38-33(46)36(17-22(36)5-3-12-37)39-27(41)16-28(42)43/h6-9,19,21-23,31H,2-5,10-18,37H2,1H3,(H,38,46)(H,39,41)(H,42,43)(H,44,45)/t19-,21?,22?,23?,31?,35+,36?/m1/s1. The van der Waals surface area contributed by atoms with E-state index in [0.717, 1.165) is 31.2 Å². The van der Waals surface area contributed by atoms with Gasteiger partial charge in [-0.3, -0.25) is 19.2 Å². The van der Waals surface area contributed by atoms with Crippen molar-refractivity contribution in [1.82, 2.24) is 15.5 Å². The van der Waals surface area contributed by atoms with Crippen molar-refractivity contribution in [3.63, 3.8) is 0 Å². The maximum atomic E-state index is 14.0. The number of carbonyl (C=O) groups excluding carboxylic acids is 3. The number of methoxy groups -OCH3 is 1. The van der Waals surface area contributed by atoms with Gasteiger partial charge in [-0.05, 0) is 87.5 Å². The molecule has 0 aromatic heterocycles. The number of hydrogen-bond donors (Lipinski definition) is 5. The van der Waals surface area contributed by atoms with E-state index >= 15 is 0 Å². The van der Waals surface area contributed by atoms with E-state index in [2.05, 4.69) is 22.8 Å². The van der Waals surface area contributed by atoms with Crippen molar-refractivity contribution in [1.29, 1.82) is 0 Å². The number of likely N-dealkylation sites (tertiary alicyclic amines) is 1. The minimum absolute atomic E-state index is 0.0837. The Bertz CT molecular complexity index is 1690. The monoisotopic (exact) mass is 692 g/mol. The van der Waals surface area contributed by atoms with Crippen LogP contribution in [0.2, 0.25) is 0 Å². The summed E-state index contributed by atoms with van der Waals surface area (Å²) in [6, 6.07) is 3.32.